The molecule has 1 N–H and O–H groups in total. The molecule has 4 heteroatoms. The first-order valence-corrected chi connectivity index (χ1v) is 6.23. The normalized spacial score (nSPS) is 9.10. The van der Waals surface area contributed by atoms with Crippen LogP contribution >= 0.6 is 0 Å². The van der Waals surface area contributed by atoms with E-state index < -0.39 is 5.82 Å². The van der Waals surface area contributed by atoms with E-state index in [1.165, 1.54) is 12.1 Å². The van der Waals surface area contributed by atoms with Crippen molar-refractivity contribution in [3.8, 4) is 11.8 Å². The number of nitrogens with one attached hydrogen (secondary N) is 1. The number of benzene rings is 1. The zero-order valence-corrected chi connectivity index (χ0v) is 11.8. The minimum atomic E-state index is -0.522. The van der Waals surface area contributed by atoms with Crippen molar-refractivity contribution in [2.45, 2.75) is 13.8 Å². The van der Waals surface area contributed by atoms with Crippen LogP contribution in [0.15, 0.2) is 55.3 Å². The Bertz CT molecular complexity index is 516. The zero-order valence-electron chi connectivity index (χ0n) is 11.8. The number of hydrogen-bond acceptors (Lipinski definition) is 3. The van der Waals surface area contributed by atoms with Gasteiger partial charge in [0.2, 0.25) is 0 Å². The lowest BCUT2D eigenvalue weighted by atomic mass is 10.3. The number of halogens is 1. The summed E-state index contributed by atoms with van der Waals surface area (Å²) < 4.78 is 18.8. The second kappa shape index (κ2) is 10.4. The second-order valence-electron chi connectivity index (χ2n) is 3.32. The SMILES string of the molecule is C=C/C=C\C(=C)Oc1ccc(NCC#N)cc1F.CC. The molecular formula is C16H19FN2O. The Labute approximate surface area is 119 Å². The minimum Gasteiger partial charge on any atom is -0.455 e. The number of allylic oxidation sites excluding steroid dienone is 3. The van der Waals surface area contributed by atoms with E-state index in [0.717, 1.165) is 0 Å². The molecule has 0 fully saturated rings. The minimum absolute atomic E-state index is 0.0798. The van der Waals surface area contributed by atoms with Crippen LogP contribution in [-0.4, -0.2) is 6.54 Å². The molecule has 0 spiro atoms. The number of nitrogens with zero attached hydrogens (tertiary/aromatic N) is 1. The predicted octanol–water partition coefficient (Wildman–Crippen LogP) is 4.42. The highest BCUT2D eigenvalue weighted by atomic mass is 19.1. The lowest BCUT2D eigenvalue weighted by molar-refractivity contribution is 0.414. The number of ether oxygens (including phenoxy) is 1. The topological polar surface area (TPSA) is 45.0 Å². The van der Waals surface area contributed by atoms with Crippen LogP contribution in [-0.2, 0) is 0 Å². The Morgan fingerprint density at radius 2 is 2.20 bits per heavy atom. The first-order chi connectivity index (χ1) is 9.67. The summed E-state index contributed by atoms with van der Waals surface area (Å²) in [6.07, 6.45) is 4.79. The molecule has 1 rings (SSSR count). The van der Waals surface area contributed by atoms with Crippen LogP contribution in [0.3, 0.4) is 0 Å². The summed E-state index contributed by atoms with van der Waals surface area (Å²) in [5.74, 6) is -0.131. The third-order valence-corrected chi connectivity index (χ3v) is 1.96. The summed E-state index contributed by atoms with van der Waals surface area (Å²) in [7, 11) is 0. The van der Waals surface area contributed by atoms with Gasteiger partial charge in [0.15, 0.2) is 11.6 Å². The lowest BCUT2D eigenvalue weighted by Crippen LogP contribution is -2.00. The molecule has 0 heterocycles. The maximum Gasteiger partial charge on any atom is 0.167 e. The Balaban J connectivity index is 0.00000172. The van der Waals surface area contributed by atoms with Gasteiger partial charge in [0.1, 0.15) is 12.3 Å². The fourth-order valence-corrected chi connectivity index (χ4v) is 1.19. The molecule has 0 aliphatic heterocycles. The van der Waals surface area contributed by atoms with Crippen molar-refractivity contribution >= 4 is 5.69 Å². The van der Waals surface area contributed by atoms with Crippen LogP contribution in [0.5, 0.6) is 5.75 Å². The van der Waals surface area contributed by atoms with Crippen molar-refractivity contribution in [1.29, 1.82) is 5.26 Å². The molecule has 0 bridgehead atoms. The summed E-state index contributed by atoms with van der Waals surface area (Å²) >= 11 is 0. The maximum atomic E-state index is 13.6. The van der Waals surface area contributed by atoms with Crippen LogP contribution in [0.1, 0.15) is 13.8 Å². The number of nitriles is 1. The Morgan fingerprint density at radius 3 is 2.75 bits per heavy atom. The standard InChI is InChI=1S/C14H13FN2O.C2H6/c1-3-4-5-11(2)18-14-7-6-12(10-13(14)15)17-9-8-16;1-2/h3-7,10,17H,1-2,9H2;1-2H3/b5-4-;. The second-order valence-corrected chi connectivity index (χ2v) is 3.32. The molecule has 106 valence electrons. The van der Waals surface area contributed by atoms with Gasteiger partial charge in [-0.3, -0.25) is 0 Å². The van der Waals surface area contributed by atoms with Crippen molar-refractivity contribution in [1.82, 2.24) is 0 Å². The molecule has 0 atom stereocenters. The van der Waals surface area contributed by atoms with Crippen molar-refractivity contribution in [2.75, 3.05) is 11.9 Å². The quantitative estimate of drug-likeness (QED) is 0.474. The van der Waals surface area contributed by atoms with Gasteiger partial charge >= 0.3 is 0 Å². The Kier molecular flexibility index (Phi) is 9.07. The van der Waals surface area contributed by atoms with Gasteiger partial charge in [-0.25, -0.2) is 4.39 Å². The highest BCUT2D eigenvalue weighted by Crippen LogP contribution is 2.22. The molecule has 0 saturated carbocycles. The van der Waals surface area contributed by atoms with E-state index in [1.54, 1.807) is 24.3 Å². The Hall–Kier alpha value is -2.54. The van der Waals surface area contributed by atoms with Crippen molar-refractivity contribution in [2.24, 2.45) is 0 Å². The van der Waals surface area contributed by atoms with Crippen LogP contribution in [0.25, 0.3) is 0 Å². The first-order valence-electron chi connectivity index (χ1n) is 6.23. The summed E-state index contributed by atoms with van der Waals surface area (Å²) in [5, 5.41) is 11.1. The molecular weight excluding hydrogens is 255 g/mol. The zero-order chi connectivity index (χ0) is 15.4. The van der Waals surface area contributed by atoms with Crippen LogP contribution in [0, 0.1) is 17.1 Å². The molecule has 1 aromatic rings. The molecule has 0 saturated heterocycles. The maximum absolute atomic E-state index is 13.6. The van der Waals surface area contributed by atoms with E-state index in [4.69, 9.17) is 10.00 Å². The smallest absolute Gasteiger partial charge is 0.167 e. The molecule has 0 radical (unpaired) electrons. The van der Waals surface area contributed by atoms with E-state index in [2.05, 4.69) is 18.5 Å². The van der Waals surface area contributed by atoms with Gasteiger partial charge in [0.25, 0.3) is 0 Å². The monoisotopic (exact) mass is 274 g/mol. The first kappa shape index (κ1) is 17.5. The number of rotatable bonds is 6. The van der Waals surface area contributed by atoms with Gasteiger partial charge in [0, 0.05) is 11.8 Å². The van der Waals surface area contributed by atoms with Gasteiger partial charge in [-0.2, -0.15) is 5.26 Å². The molecule has 1 aromatic carbocycles. The molecule has 0 aromatic heterocycles. The number of hydrogen-bond donors (Lipinski definition) is 1. The van der Waals surface area contributed by atoms with Crippen molar-refractivity contribution in [3.05, 3.63) is 61.2 Å². The highest BCUT2D eigenvalue weighted by Gasteiger charge is 2.05. The van der Waals surface area contributed by atoms with Gasteiger partial charge in [-0.1, -0.05) is 39.2 Å². The molecule has 0 unspecified atom stereocenters. The molecule has 0 aliphatic rings. The fraction of sp³-hybridized carbons (Fsp3) is 0.188. The van der Waals surface area contributed by atoms with Crippen LogP contribution < -0.4 is 10.1 Å². The van der Waals surface area contributed by atoms with E-state index in [-0.39, 0.29) is 12.3 Å². The predicted molar refractivity (Wildman–Crippen MR) is 81.0 cm³/mol. The average molecular weight is 274 g/mol. The summed E-state index contributed by atoms with van der Waals surface area (Å²) in [5.41, 5.74) is 0.522. The lowest BCUT2D eigenvalue weighted by Gasteiger charge is -2.08. The van der Waals surface area contributed by atoms with E-state index in [0.29, 0.717) is 11.4 Å². The van der Waals surface area contributed by atoms with Gasteiger partial charge < -0.3 is 10.1 Å². The third kappa shape index (κ3) is 6.41. The van der Waals surface area contributed by atoms with E-state index in [1.807, 2.05) is 19.9 Å². The third-order valence-electron chi connectivity index (χ3n) is 1.96. The number of anilines is 1. The summed E-state index contributed by atoms with van der Waals surface area (Å²) in [6.45, 7) is 11.2. The van der Waals surface area contributed by atoms with Crippen LogP contribution in [0.4, 0.5) is 10.1 Å². The summed E-state index contributed by atoms with van der Waals surface area (Å²) in [4.78, 5) is 0. The van der Waals surface area contributed by atoms with Gasteiger partial charge in [-0.05, 0) is 18.2 Å². The molecule has 3 nitrogen and oxygen atoms in total. The molecule has 0 amide bonds. The fourth-order valence-electron chi connectivity index (χ4n) is 1.19. The van der Waals surface area contributed by atoms with Gasteiger partial charge in [0.05, 0.1) is 6.07 Å². The molecule has 20 heavy (non-hydrogen) atoms. The van der Waals surface area contributed by atoms with E-state index in [9.17, 15) is 4.39 Å². The van der Waals surface area contributed by atoms with Crippen molar-refractivity contribution < 1.29 is 9.13 Å². The largest absolute Gasteiger partial charge is 0.455 e. The van der Waals surface area contributed by atoms with Crippen molar-refractivity contribution in [3.63, 3.8) is 0 Å². The van der Waals surface area contributed by atoms with E-state index >= 15 is 0 Å². The average Bonchev–Trinajstić information content (AvgIpc) is 2.47. The summed E-state index contributed by atoms with van der Waals surface area (Å²) in [6, 6.07) is 6.27. The Morgan fingerprint density at radius 1 is 1.50 bits per heavy atom. The highest BCUT2D eigenvalue weighted by molar-refractivity contribution is 5.48. The molecule has 0 aliphatic carbocycles. The van der Waals surface area contributed by atoms with Crippen LogP contribution in [0.2, 0.25) is 0 Å². The van der Waals surface area contributed by atoms with Gasteiger partial charge in [-0.15, -0.1) is 0 Å².